The lowest BCUT2D eigenvalue weighted by atomic mass is 9.77. The molecular formula is C37H46. The first-order valence-corrected chi connectivity index (χ1v) is 14.5. The Labute approximate surface area is 226 Å². The maximum Gasteiger partial charge on any atom is 0.00826 e. The second-order valence-corrected chi connectivity index (χ2v) is 13.3. The lowest BCUT2D eigenvalue weighted by Gasteiger charge is -2.27. The van der Waals surface area contributed by atoms with Crippen LogP contribution in [-0.4, -0.2) is 0 Å². The highest BCUT2D eigenvalue weighted by Crippen LogP contribution is 2.44. The largest absolute Gasteiger partial charge is 0.0989 e. The SMILES string of the molecule is C=C1CC=C(C)C(=C)C1CC1=Cc2cccc(-c3cc(C(C)(C)C)cc(C)c3C[C@@H]3CCC[C@@H]3C)c2C1. The third kappa shape index (κ3) is 5.09. The van der Waals surface area contributed by atoms with Crippen molar-refractivity contribution in [3.63, 3.8) is 0 Å². The zero-order chi connectivity index (χ0) is 26.5. The lowest BCUT2D eigenvalue weighted by Crippen LogP contribution is -2.15. The summed E-state index contributed by atoms with van der Waals surface area (Å²) in [5.74, 6) is 2.02. The summed E-state index contributed by atoms with van der Waals surface area (Å²) < 4.78 is 0. The highest BCUT2D eigenvalue weighted by Gasteiger charge is 2.29. The van der Waals surface area contributed by atoms with E-state index in [0.717, 1.165) is 31.1 Å². The summed E-state index contributed by atoms with van der Waals surface area (Å²) in [5, 5.41) is 0. The zero-order valence-electron chi connectivity index (χ0n) is 24.1. The van der Waals surface area contributed by atoms with E-state index in [1.54, 1.807) is 5.56 Å². The molecule has 1 saturated carbocycles. The molecule has 0 radical (unpaired) electrons. The summed E-state index contributed by atoms with van der Waals surface area (Å²) in [4.78, 5) is 0. The van der Waals surface area contributed by atoms with Crippen molar-refractivity contribution in [3.05, 3.63) is 99.7 Å². The van der Waals surface area contributed by atoms with Gasteiger partial charge in [-0.25, -0.2) is 0 Å². The van der Waals surface area contributed by atoms with Crippen molar-refractivity contribution in [1.29, 1.82) is 0 Å². The topological polar surface area (TPSA) is 0 Å². The predicted molar refractivity (Wildman–Crippen MR) is 162 cm³/mol. The first-order valence-electron chi connectivity index (χ1n) is 14.5. The molecule has 194 valence electrons. The van der Waals surface area contributed by atoms with Gasteiger partial charge in [-0.3, -0.25) is 0 Å². The van der Waals surface area contributed by atoms with Crippen molar-refractivity contribution in [1.82, 2.24) is 0 Å². The summed E-state index contributed by atoms with van der Waals surface area (Å²) in [7, 11) is 0. The lowest BCUT2D eigenvalue weighted by molar-refractivity contribution is 0.416. The van der Waals surface area contributed by atoms with E-state index in [0.29, 0.717) is 5.92 Å². The van der Waals surface area contributed by atoms with E-state index in [1.807, 2.05) is 0 Å². The molecule has 0 bridgehead atoms. The van der Waals surface area contributed by atoms with E-state index in [-0.39, 0.29) is 5.41 Å². The monoisotopic (exact) mass is 490 g/mol. The van der Waals surface area contributed by atoms with Crippen LogP contribution in [0.1, 0.15) is 94.5 Å². The van der Waals surface area contributed by atoms with Crippen molar-refractivity contribution >= 4 is 6.08 Å². The van der Waals surface area contributed by atoms with Crippen LogP contribution in [0.5, 0.6) is 0 Å². The molecule has 0 heteroatoms. The number of fused-ring (bicyclic) bond motifs is 1. The van der Waals surface area contributed by atoms with Crippen LogP contribution in [0.4, 0.5) is 0 Å². The first kappa shape index (κ1) is 26.0. The van der Waals surface area contributed by atoms with Gasteiger partial charge < -0.3 is 0 Å². The minimum absolute atomic E-state index is 0.132. The van der Waals surface area contributed by atoms with Crippen LogP contribution in [0.2, 0.25) is 0 Å². The second-order valence-electron chi connectivity index (χ2n) is 13.3. The molecule has 0 aromatic heterocycles. The van der Waals surface area contributed by atoms with Gasteiger partial charge in [-0.1, -0.05) is 113 Å². The van der Waals surface area contributed by atoms with Crippen LogP contribution in [0.25, 0.3) is 17.2 Å². The van der Waals surface area contributed by atoms with Crippen LogP contribution in [-0.2, 0) is 18.3 Å². The molecule has 2 aromatic rings. The fourth-order valence-corrected chi connectivity index (χ4v) is 6.98. The number of hydrogen-bond donors (Lipinski definition) is 0. The summed E-state index contributed by atoms with van der Waals surface area (Å²) in [6, 6.07) is 12.0. The second kappa shape index (κ2) is 9.94. The molecule has 1 unspecified atom stereocenters. The van der Waals surface area contributed by atoms with Gasteiger partial charge in [0.15, 0.2) is 0 Å². The molecule has 0 nitrogen and oxygen atoms in total. The quantitative estimate of drug-likeness (QED) is 0.366. The van der Waals surface area contributed by atoms with E-state index in [1.165, 1.54) is 81.4 Å². The number of allylic oxidation sites excluding steroid dienone is 5. The Balaban J connectivity index is 1.52. The third-order valence-corrected chi connectivity index (χ3v) is 9.67. The van der Waals surface area contributed by atoms with E-state index >= 15 is 0 Å². The van der Waals surface area contributed by atoms with Gasteiger partial charge in [-0.15, -0.1) is 0 Å². The van der Waals surface area contributed by atoms with Crippen LogP contribution in [0.3, 0.4) is 0 Å². The van der Waals surface area contributed by atoms with Gasteiger partial charge in [0.25, 0.3) is 0 Å². The molecule has 0 aliphatic heterocycles. The van der Waals surface area contributed by atoms with Gasteiger partial charge in [-0.05, 0) is 108 Å². The summed E-state index contributed by atoms with van der Waals surface area (Å²) in [6.07, 6.45) is 13.2. The zero-order valence-corrected chi connectivity index (χ0v) is 24.1. The molecule has 0 saturated heterocycles. The first-order chi connectivity index (χ1) is 17.5. The molecule has 3 aliphatic carbocycles. The van der Waals surface area contributed by atoms with Crippen LogP contribution in [0.15, 0.2) is 71.9 Å². The molecular weight excluding hydrogens is 444 g/mol. The number of aryl methyl sites for hydroxylation is 1. The van der Waals surface area contributed by atoms with Crippen LogP contribution < -0.4 is 0 Å². The van der Waals surface area contributed by atoms with Crippen molar-refractivity contribution in [2.75, 3.05) is 0 Å². The van der Waals surface area contributed by atoms with E-state index in [9.17, 15) is 0 Å². The average molecular weight is 491 g/mol. The number of benzene rings is 2. The molecule has 5 rings (SSSR count). The standard InChI is InChI=1S/C37H46/c1-23-15-16-25(3)33(27(23)5)19-28-18-30-13-10-14-32(35(30)20-28)36-22-31(37(6,7)8)17-26(4)34(36)21-29-12-9-11-24(29)2/h10,13-15,17-18,22,24,29,33H,3,5,9,11-12,16,19-21H2,1-2,4,6-8H3/t24-,29-,33?/m0/s1. The minimum Gasteiger partial charge on any atom is -0.0989 e. The Morgan fingerprint density at radius 1 is 0.973 bits per heavy atom. The Morgan fingerprint density at radius 3 is 2.46 bits per heavy atom. The highest BCUT2D eigenvalue weighted by atomic mass is 14.3. The molecule has 0 amide bonds. The van der Waals surface area contributed by atoms with Crippen molar-refractivity contribution in [2.45, 2.75) is 91.9 Å². The van der Waals surface area contributed by atoms with Gasteiger partial charge >= 0.3 is 0 Å². The van der Waals surface area contributed by atoms with E-state index in [4.69, 9.17) is 0 Å². The average Bonchev–Trinajstić information content (AvgIpc) is 3.45. The minimum atomic E-state index is 0.132. The Morgan fingerprint density at radius 2 is 1.76 bits per heavy atom. The van der Waals surface area contributed by atoms with Crippen molar-refractivity contribution < 1.29 is 0 Å². The summed E-state index contributed by atoms with van der Waals surface area (Å²) in [6.45, 7) is 22.9. The van der Waals surface area contributed by atoms with E-state index < -0.39 is 0 Å². The Kier molecular flexibility index (Phi) is 6.99. The maximum atomic E-state index is 4.44. The smallest absolute Gasteiger partial charge is 0.00826 e. The van der Waals surface area contributed by atoms with Gasteiger partial charge in [0.1, 0.15) is 0 Å². The third-order valence-electron chi connectivity index (χ3n) is 9.67. The maximum absolute atomic E-state index is 4.44. The molecule has 3 atom stereocenters. The number of hydrogen-bond acceptors (Lipinski definition) is 0. The van der Waals surface area contributed by atoms with Gasteiger partial charge in [0.05, 0.1) is 0 Å². The molecule has 3 aliphatic rings. The number of rotatable bonds is 5. The Bertz CT molecular complexity index is 1300. The Hall–Kier alpha value is -2.60. The molecule has 1 fully saturated rings. The molecule has 0 N–H and O–H groups in total. The fraction of sp³-hybridized carbons (Fsp3) is 0.459. The van der Waals surface area contributed by atoms with Gasteiger partial charge in [0.2, 0.25) is 0 Å². The van der Waals surface area contributed by atoms with Crippen molar-refractivity contribution in [2.24, 2.45) is 17.8 Å². The van der Waals surface area contributed by atoms with Gasteiger partial charge in [-0.2, -0.15) is 0 Å². The highest BCUT2D eigenvalue weighted by molar-refractivity contribution is 5.80. The molecule has 0 spiro atoms. The predicted octanol–water partition coefficient (Wildman–Crippen LogP) is 10.3. The van der Waals surface area contributed by atoms with Crippen LogP contribution >= 0.6 is 0 Å². The normalized spacial score (nSPS) is 23.8. The van der Waals surface area contributed by atoms with Gasteiger partial charge in [0, 0.05) is 5.92 Å². The van der Waals surface area contributed by atoms with Crippen molar-refractivity contribution in [3.8, 4) is 11.1 Å². The molecule has 0 heterocycles. The fourth-order valence-electron chi connectivity index (χ4n) is 6.98. The summed E-state index contributed by atoms with van der Waals surface area (Å²) >= 11 is 0. The van der Waals surface area contributed by atoms with Crippen LogP contribution in [0, 0.1) is 24.7 Å². The molecule has 37 heavy (non-hydrogen) atoms. The molecule has 2 aromatic carbocycles. The summed E-state index contributed by atoms with van der Waals surface area (Å²) in [5.41, 5.74) is 15.9. The van der Waals surface area contributed by atoms with E-state index in [2.05, 4.69) is 97.2 Å².